The van der Waals surface area contributed by atoms with Crippen molar-refractivity contribution in [3.8, 4) is 44.5 Å². The third kappa shape index (κ3) is 5.09. The Morgan fingerprint density at radius 1 is 0.351 bits per heavy atom. The van der Waals surface area contributed by atoms with Gasteiger partial charge < -0.3 is 9.97 Å². The summed E-state index contributed by atoms with van der Waals surface area (Å²) in [6.07, 6.45) is 3.79. The fourth-order valence-corrected chi connectivity index (χ4v) is 8.10. The molecule has 57 heavy (non-hydrogen) atoms. The van der Waals surface area contributed by atoms with Crippen molar-refractivity contribution in [2.24, 2.45) is 0 Å². The Balaban J connectivity index is 1.48. The largest absolute Gasteiger partial charge is 0.380 e. The minimum atomic E-state index is -5.77. The van der Waals surface area contributed by atoms with E-state index < -0.39 is 40.3 Å². The Hall–Kier alpha value is -6.94. The maximum absolute atomic E-state index is 16.4. The van der Waals surface area contributed by atoms with Crippen molar-refractivity contribution in [1.82, 2.24) is 19.9 Å². The Bertz CT molecular complexity index is 2770. The highest BCUT2D eigenvalue weighted by Gasteiger charge is 2.82. The normalized spacial score (nSPS) is 16.2. The van der Waals surface area contributed by atoms with Crippen molar-refractivity contribution in [3.05, 3.63) is 168 Å². The van der Waals surface area contributed by atoms with E-state index >= 15 is 26.3 Å². The highest BCUT2D eigenvalue weighted by atomic mass is 19.3. The summed E-state index contributed by atoms with van der Waals surface area (Å²) in [5.74, 6) is -16.4. The summed E-state index contributed by atoms with van der Waals surface area (Å²) in [5, 5.41) is 0. The molecule has 2 N–H and O–H groups in total. The van der Waals surface area contributed by atoms with Crippen LogP contribution in [0.1, 0.15) is 22.8 Å². The molecule has 0 radical (unpaired) electrons. The molecular weight excluding hydrogens is 735 g/mol. The maximum atomic E-state index is 16.4. The molecule has 4 aromatic carbocycles. The number of aromatic amines is 2. The summed E-state index contributed by atoms with van der Waals surface area (Å²) < 4.78 is 97.2. The number of alkyl halides is 6. The second kappa shape index (κ2) is 12.5. The van der Waals surface area contributed by atoms with E-state index in [1.807, 2.05) is 72.8 Å². The molecule has 3 aliphatic rings. The zero-order chi connectivity index (χ0) is 39.1. The van der Waals surface area contributed by atoms with Crippen LogP contribution in [0, 0.1) is 0 Å². The molecule has 8 bridgehead atoms. The van der Waals surface area contributed by atoms with Crippen molar-refractivity contribution in [3.63, 3.8) is 0 Å². The number of nitrogens with one attached hydrogen (secondary N) is 2. The molecule has 0 atom stereocenters. The van der Waals surface area contributed by atoms with Gasteiger partial charge in [-0.3, -0.25) is 0 Å². The summed E-state index contributed by atoms with van der Waals surface area (Å²) in [6, 6.07) is 42.0. The van der Waals surface area contributed by atoms with Gasteiger partial charge in [0.05, 0.1) is 33.9 Å². The van der Waals surface area contributed by atoms with E-state index in [0.717, 1.165) is 11.1 Å². The van der Waals surface area contributed by atoms with Crippen LogP contribution >= 0.6 is 0 Å². The first-order valence-corrected chi connectivity index (χ1v) is 18.2. The van der Waals surface area contributed by atoms with Crippen LogP contribution in [0.5, 0.6) is 0 Å². The van der Waals surface area contributed by atoms with Gasteiger partial charge in [-0.15, -0.1) is 0 Å². The average Bonchev–Trinajstić information content (AvgIpc) is 4.07. The quantitative estimate of drug-likeness (QED) is 0.175. The zero-order valence-electron chi connectivity index (χ0n) is 29.7. The van der Waals surface area contributed by atoms with Crippen molar-refractivity contribution in [1.29, 1.82) is 0 Å². The lowest BCUT2D eigenvalue weighted by molar-refractivity contribution is -0.254. The Morgan fingerprint density at radius 3 is 0.982 bits per heavy atom. The van der Waals surface area contributed by atoms with E-state index in [1.54, 1.807) is 84.9 Å². The number of aromatic nitrogens is 4. The van der Waals surface area contributed by atoms with Crippen LogP contribution in [0.15, 0.2) is 146 Å². The summed E-state index contributed by atoms with van der Waals surface area (Å²) in [7, 11) is 0. The van der Waals surface area contributed by atoms with Crippen molar-refractivity contribution in [2.45, 2.75) is 17.8 Å². The third-order valence-corrected chi connectivity index (χ3v) is 10.7. The van der Waals surface area contributed by atoms with Gasteiger partial charge in [0.25, 0.3) is 0 Å². The fraction of sp³-hybridized carbons (Fsp3) is 0.0638. The fourth-order valence-electron chi connectivity index (χ4n) is 8.10. The van der Waals surface area contributed by atoms with Crippen molar-refractivity contribution < 1.29 is 26.3 Å². The zero-order valence-corrected chi connectivity index (χ0v) is 29.7. The van der Waals surface area contributed by atoms with Gasteiger partial charge in [0.15, 0.2) is 0 Å². The first-order chi connectivity index (χ1) is 27.6. The number of rotatable bonds is 4. The lowest BCUT2D eigenvalue weighted by atomic mass is 9.95. The highest BCUT2D eigenvalue weighted by molar-refractivity contribution is 6.10. The predicted molar refractivity (Wildman–Crippen MR) is 213 cm³/mol. The molecule has 278 valence electrons. The molecule has 0 fully saturated rings. The lowest BCUT2D eigenvalue weighted by Gasteiger charge is -2.27. The molecule has 4 nitrogen and oxygen atoms in total. The molecule has 0 spiro atoms. The topological polar surface area (TPSA) is 57.4 Å². The van der Waals surface area contributed by atoms with Crippen LogP contribution in [-0.4, -0.2) is 37.7 Å². The molecular formula is C47H28F6N4. The minimum Gasteiger partial charge on any atom is -0.354 e. The van der Waals surface area contributed by atoms with Crippen molar-refractivity contribution in [2.75, 3.05) is 0 Å². The van der Waals surface area contributed by atoms with E-state index in [0.29, 0.717) is 44.7 Å². The molecule has 0 unspecified atom stereocenters. The van der Waals surface area contributed by atoms with E-state index in [1.165, 1.54) is 0 Å². The SMILES string of the molecule is FC1(F)C2=C(c3nc2c(-c2ccccc2)c2ccc([nH]2)c(-c2ccccc2)c2nc(c(-c4ccccc4)c4ccc([nH]4)c3-c3ccccc3)C=C2)C(F)(F)C1(F)F. The molecule has 10 rings (SSSR count). The molecule has 0 amide bonds. The first-order valence-electron chi connectivity index (χ1n) is 18.2. The molecule has 1 aliphatic carbocycles. The van der Waals surface area contributed by atoms with Crippen LogP contribution in [0.2, 0.25) is 0 Å². The standard InChI is InChI=1S/C47H28F6N4/c48-45(49)41-42(46(50,51)47(45,52)53)44-40(30-19-11-4-12-20-30)36-26-24-34(56-36)38(28-15-7-2-8-16-28)32-22-21-31(54-32)37(27-13-5-1-6-14-27)33-23-25-35(55-33)39(43(41)57-44)29-17-9-3-10-18-29/h1-26,55-56H. The molecule has 3 aromatic heterocycles. The Morgan fingerprint density at radius 2 is 0.649 bits per heavy atom. The van der Waals surface area contributed by atoms with Gasteiger partial charge in [-0.05, 0) is 58.7 Å². The van der Waals surface area contributed by atoms with Crippen LogP contribution in [0.25, 0.3) is 89.9 Å². The molecule has 2 aliphatic heterocycles. The number of hydrogen-bond donors (Lipinski definition) is 2. The predicted octanol–water partition coefficient (Wildman–Crippen LogP) is 13.0. The van der Waals surface area contributed by atoms with Gasteiger partial charge in [0, 0.05) is 44.3 Å². The minimum absolute atomic E-state index is 0.0486. The van der Waals surface area contributed by atoms with E-state index in [-0.39, 0.29) is 22.2 Å². The summed E-state index contributed by atoms with van der Waals surface area (Å²) in [6.45, 7) is 0. The molecule has 0 saturated carbocycles. The lowest BCUT2D eigenvalue weighted by Crippen LogP contribution is -2.49. The van der Waals surface area contributed by atoms with Gasteiger partial charge in [-0.25, -0.2) is 9.97 Å². The summed E-state index contributed by atoms with van der Waals surface area (Å²) >= 11 is 0. The molecule has 5 heterocycles. The van der Waals surface area contributed by atoms with Crippen LogP contribution in [0.4, 0.5) is 26.3 Å². The highest BCUT2D eigenvalue weighted by Crippen LogP contribution is 2.67. The Labute approximate surface area is 321 Å². The molecule has 7 aromatic rings. The number of halogens is 6. The number of hydrogen-bond acceptors (Lipinski definition) is 2. The van der Waals surface area contributed by atoms with Gasteiger partial charge in [-0.1, -0.05) is 121 Å². The van der Waals surface area contributed by atoms with Crippen molar-refractivity contribution >= 4 is 45.4 Å². The van der Waals surface area contributed by atoms with Gasteiger partial charge in [-0.2, -0.15) is 26.3 Å². The summed E-state index contributed by atoms with van der Waals surface area (Å²) in [4.78, 5) is 16.5. The number of H-pyrrole nitrogens is 2. The molecule has 10 heteroatoms. The first kappa shape index (κ1) is 34.5. The second-order valence-corrected chi connectivity index (χ2v) is 14.0. The van der Waals surface area contributed by atoms with E-state index in [9.17, 15) is 0 Å². The van der Waals surface area contributed by atoms with Crippen LogP contribution in [0.3, 0.4) is 0 Å². The van der Waals surface area contributed by atoms with Gasteiger partial charge in [0.1, 0.15) is 0 Å². The van der Waals surface area contributed by atoms with E-state index in [2.05, 4.69) is 15.0 Å². The number of allylic oxidation sites excluding steroid dienone is 2. The number of nitrogens with zero attached hydrogens (tertiary/aromatic N) is 2. The third-order valence-electron chi connectivity index (χ3n) is 10.7. The van der Waals surface area contributed by atoms with Gasteiger partial charge in [0.2, 0.25) is 0 Å². The molecule has 0 saturated heterocycles. The smallest absolute Gasteiger partial charge is 0.354 e. The van der Waals surface area contributed by atoms with E-state index in [4.69, 9.17) is 4.98 Å². The number of benzene rings is 4. The average molecular weight is 763 g/mol. The second-order valence-electron chi connectivity index (χ2n) is 14.0. The van der Waals surface area contributed by atoms with Gasteiger partial charge >= 0.3 is 17.8 Å². The van der Waals surface area contributed by atoms with Crippen LogP contribution < -0.4 is 0 Å². The maximum Gasteiger partial charge on any atom is 0.380 e. The summed E-state index contributed by atoms with van der Waals surface area (Å²) in [5.41, 5.74) is 1.62. The van der Waals surface area contributed by atoms with Crippen LogP contribution in [-0.2, 0) is 0 Å². The number of fused-ring (bicyclic) bond motifs is 10. The Kier molecular flexibility index (Phi) is 7.60. The monoisotopic (exact) mass is 762 g/mol.